The van der Waals surface area contributed by atoms with Gasteiger partial charge in [0.25, 0.3) is 0 Å². The van der Waals surface area contributed by atoms with Gasteiger partial charge < -0.3 is 5.32 Å². The fourth-order valence-corrected chi connectivity index (χ4v) is 2.72. The van der Waals surface area contributed by atoms with E-state index in [1.165, 1.54) is 30.4 Å². The van der Waals surface area contributed by atoms with Crippen LogP contribution in [-0.4, -0.2) is 6.54 Å². The third-order valence-corrected chi connectivity index (χ3v) is 3.81. The van der Waals surface area contributed by atoms with Crippen molar-refractivity contribution in [3.05, 3.63) is 46.8 Å². The maximum atomic E-state index is 13.4. The van der Waals surface area contributed by atoms with Crippen LogP contribution in [0.3, 0.4) is 0 Å². The summed E-state index contributed by atoms with van der Waals surface area (Å²) < 4.78 is 13.4. The second kappa shape index (κ2) is 6.85. The molecule has 0 saturated carbocycles. The van der Waals surface area contributed by atoms with Crippen molar-refractivity contribution in [1.82, 2.24) is 5.32 Å². The number of hydrogen-bond acceptors (Lipinski definition) is 1. The lowest BCUT2D eigenvalue weighted by atomic mass is 9.89. The highest BCUT2D eigenvalue weighted by Gasteiger charge is 2.18. The molecule has 1 atom stereocenters. The van der Waals surface area contributed by atoms with Crippen LogP contribution in [0.5, 0.6) is 0 Å². The monoisotopic (exact) mass is 261 g/mol. The minimum Gasteiger partial charge on any atom is -0.307 e. The fraction of sp³-hybridized carbons (Fsp3) is 0.529. The molecule has 1 nitrogen and oxygen atoms in total. The Labute approximate surface area is 115 Å². The Balaban J connectivity index is 2.25. The summed E-state index contributed by atoms with van der Waals surface area (Å²) in [5.74, 6) is -0.115. The number of allylic oxidation sites excluding steroid dienone is 1. The Morgan fingerprint density at radius 2 is 2.16 bits per heavy atom. The molecule has 104 valence electrons. The maximum Gasteiger partial charge on any atom is 0.126 e. The topological polar surface area (TPSA) is 12.0 Å². The van der Waals surface area contributed by atoms with Gasteiger partial charge in [-0.15, -0.1) is 0 Å². The standard InChI is InChI=1S/C17H24FN/c1-3-11-19-17(14-7-5-4-6-8-14)15-9-10-16(18)13(2)12-15/h7,9-10,12,17,19H,3-6,8,11H2,1-2H3. The van der Waals surface area contributed by atoms with E-state index >= 15 is 0 Å². The van der Waals surface area contributed by atoms with Gasteiger partial charge in [-0.25, -0.2) is 4.39 Å². The Kier molecular flexibility index (Phi) is 5.15. The van der Waals surface area contributed by atoms with Gasteiger partial charge in [0, 0.05) is 0 Å². The van der Waals surface area contributed by atoms with Crippen LogP contribution in [0.1, 0.15) is 56.2 Å². The van der Waals surface area contributed by atoms with Gasteiger partial charge in [-0.2, -0.15) is 0 Å². The number of nitrogens with one attached hydrogen (secondary N) is 1. The van der Waals surface area contributed by atoms with E-state index in [1.54, 1.807) is 6.07 Å². The van der Waals surface area contributed by atoms with Gasteiger partial charge in [-0.1, -0.05) is 30.7 Å². The van der Waals surface area contributed by atoms with Crippen molar-refractivity contribution in [2.75, 3.05) is 6.54 Å². The minimum atomic E-state index is -0.115. The molecule has 0 aliphatic heterocycles. The van der Waals surface area contributed by atoms with Crippen LogP contribution < -0.4 is 5.32 Å². The molecule has 19 heavy (non-hydrogen) atoms. The minimum absolute atomic E-state index is 0.115. The van der Waals surface area contributed by atoms with Gasteiger partial charge >= 0.3 is 0 Å². The molecule has 0 saturated heterocycles. The van der Waals surface area contributed by atoms with E-state index in [0.717, 1.165) is 24.9 Å². The first kappa shape index (κ1) is 14.3. The molecule has 1 N–H and O–H groups in total. The normalized spacial score (nSPS) is 17.1. The predicted molar refractivity (Wildman–Crippen MR) is 78.7 cm³/mol. The molecule has 1 aromatic rings. The molecule has 0 amide bonds. The van der Waals surface area contributed by atoms with Crippen LogP contribution >= 0.6 is 0 Å². The number of benzene rings is 1. The smallest absolute Gasteiger partial charge is 0.126 e. The lowest BCUT2D eigenvalue weighted by Crippen LogP contribution is -2.25. The van der Waals surface area contributed by atoms with E-state index in [9.17, 15) is 4.39 Å². The first-order valence-corrected chi connectivity index (χ1v) is 7.40. The van der Waals surface area contributed by atoms with E-state index in [1.807, 2.05) is 19.1 Å². The maximum absolute atomic E-state index is 13.4. The number of rotatable bonds is 5. The summed E-state index contributed by atoms with van der Waals surface area (Å²) in [7, 11) is 0. The quantitative estimate of drug-likeness (QED) is 0.759. The second-order valence-electron chi connectivity index (χ2n) is 5.42. The average molecular weight is 261 g/mol. The summed E-state index contributed by atoms with van der Waals surface area (Å²) in [6.07, 6.45) is 8.40. The highest BCUT2D eigenvalue weighted by molar-refractivity contribution is 5.32. The molecule has 0 spiro atoms. The van der Waals surface area contributed by atoms with E-state index < -0.39 is 0 Å². The molecule has 0 bridgehead atoms. The van der Waals surface area contributed by atoms with Crippen molar-refractivity contribution in [2.24, 2.45) is 0 Å². The summed E-state index contributed by atoms with van der Waals surface area (Å²) in [4.78, 5) is 0. The van der Waals surface area contributed by atoms with Crippen molar-refractivity contribution in [2.45, 2.75) is 52.0 Å². The van der Waals surface area contributed by atoms with Crippen LogP contribution in [0.15, 0.2) is 29.8 Å². The van der Waals surface area contributed by atoms with Gasteiger partial charge in [0.2, 0.25) is 0 Å². The number of hydrogen-bond donors (Lipinski definition) is 1. The molecule has 0 fully saturated rings. The van der Waals surface area contributed by atoms with E-state index in [4.69, 9.17) is 0 Å². The highest BCUT2D eigenvalue weighted by atomic mass is 19.1. The van der Waals surface area contributed by atoms with Crippen molar-refractivity contribution >= 4 is 0 Å². The predicted octanol–water partition coefficient (Wildman–Crippen LogP) is 4.68. The first-order chi connectivity index (χ1) is 9.22. The van der Waals surface area contributed by atoms with E-state index in [0.29, 0.717) is 0 Å². The van der Waals surface area contributed by atoms with Gasteiger partial charge in [0.05, 0.1) is 6.04 Å². The summed E-state index contributed by atoms with van der Waals surface area (Å²) in [6.45, 7) is 5.01. The molecule has 2 rings (SSSR count). The van der Waals surface area contributed by atoms with E-state index in [2.05, 4.69) is 18.3 Å². The fourth-order valence-electron chi connectivity index (χ4n) is 2.72. The lowest BCUT2D eigenvalue weighted by molar-refractivity contribution is 0.544. The number of halogens is 1. The van der Waals surface area contributed by atoms with E-state index in [-0.39, 0.29) is 11.9 Å². The van der Waals surface area contributed by atoms with Gasteiger partial charge in [-0.3, -0.25) is 0 Å². The largest absolute Gasteiger partial charge is 0.307 e. The Morgan fingerprint density at radius 3 is 2.79 bits per heavy atom. The molecule has 2 heteroatoms. The molecule has 0 radical (unpaired) electrons. The zero-order chi connectivity index (χ0) is 13.7. The molecule has 0 aromatic heterocycles. The van der Waals surface area contributed by atoms with Crippen molar-refractivity contribution < 1.29 is 4.39 Å². The summed E-state index contributed by atoms with van der Waals surface area (Å²) in [6, 6.07) is 5.76. The molecule has 1 aliphatic carbocycles. The second-order valence-corrected chi connectivity index (χ2v) is 5.42. The third-order valence-electron chi connectivity index (χ3n) is 3.81. The summed E-state index contributed by atoms with van der Waals surface area (Å²) in [5.41, 5.74) is 3.41. The summed E-state index contributed by atoms with van der Waals surface area (Å²) in [5, 5.41) is 3.61. The molecule has 1 aliphatic rings. The SMILES string of the molecule is CCCNC(C1=CCCCC1)c1ccc(F)c(C)c1. The zero-order valence-electron chi connectivity index (χ0n) is 12.0. The van der Waals surface area contributed by atoms with Crippen LogP contribution in [-0.2, 0) is 0 Å². The molecule has 0 heterocycles. The van der Waals surface area contributed by atoms with Crippen molar-refractivity contribution in [1.29, 1.82) is 0 Å². The van der Waals surface area contributed by atoms with Crippen LogP contribution in [0.25, 0.3) is 0 Å². The highest BCUT2D eigenvalue weighted by Crippen LogP contribution is 2.30. The molecule has 1 aromatic carbocycles. The van der Waals surface area contributed by atoms with Gasteiger partial charge in [-0.05, 0) is 62.8 Å². The van der Waals surface area contributed by atoms with Crippen LogP contribution in [0.2, 0.25) is 0 Å². The van der Waals surface area contributed by atoms with Crippen molar-refractivity contribution in [3.8, 4) is 0 Å². The molecule has 1 unspecified atom stereocenters. The average Bonchev–Trinajstić information content (AvgIpc) is 2.44. The number of aryl methyl sites for hydroxylation is 1. The molecular formula is C17H24FN. The summed E-state index contributed by atoms with van der Waals surface area (Å²) >= 11 is 0. The zero-order valence-corrected chi connectivity index (χ0v) is 12.0. The van der Waals surface area contributed by atoms with Gasteiger partial charge in [0.15, 0.2) is 0 Å². The molecular weight excluding hydrogens is 237 g/mol. The first-order valence-electron chi connectivity index (χ1n) is 7.40. The van der Waals surface area contributed by atoms with Gasteiger partial charge in [0.1, 0.15) is 5.82 Å². The van der Waals surface area contributed by atoms with Crippen LogP contribution in [0.4, 0.5) is 4.39 Å². The Hall–Kier alpha value is -1.15. The Morgan fingerprint density at radius 1 is 1.32 bits per heavy atom. The Bertz CT molecular complexity index is 451. The lowest BCUT2D eigenvalue weighted by Gasteiger charge is -2.25. The third kappa shape index (κ3) is 3.66. The van der Waals surface area contributed by atoms with Crippen molar-refractivity contribution in [3.63, 3.8) is 0 Å². The van der Waals surface area contributed by atoms with Crippen LogP contribution in [0, 0.1) is 12.7 Å².